The molecule has 0 spiro atoms. The number of hydrogen-bond donors (Lipinski definition) is 0. The molecule has 0 N–H and O–H groups in total. The Kier molecular flexibility index (Phi) is 18.0. The molecule has 0 rings (SSSR count). The molecule has 0 aliphatic carbocycles. The van der Waals surface area contributed by atoms with E-state index in [0.29, 0.717) is 0 Å². The number of unbranched alkanes of at least 4 members (excludes halogenated alkanes) is 7. The van der Waals surface area contributed by atoms with Crippen molar-refractivity contribution in [2.24, 2.45) is 0 Å². The third-order valence-electron chi connectivity index (χ3n) is 1.96. The van der Waals surface area contributed by atoms with Gasteiger partial charge in [-0.25, -0.2) is 0 Å². The van der Waals surface area contributed by atoms with Gasteiger partial charge in [0.25, 0.3) is 0 Å². The first-order chi connectivity index (χ1) is 6.91. The first-order valence-electron chi connectivity index (χ1n) is 5.67. The van der Waals surface area contributed by atoms with E-state index in [9.17, 15) is 0 Å². The molecule has 0 aliphatic rings. The summed E-state index contributed by atoms with van der Waals surface area (Å²) in [4.78, 5) is 0. The molecule has 0 atom stereocenters. The van der Waals surface area contributed by atoms with Crippen LogP contribution in [0.4, 0.5) is 0 Å². The van der Waals surface area contributed by atoms with Crippen LogP contribution in [-0.2, 0) is 0 Å². The van der Waals surface area contributed by atoms with Crippen molar-refractivity contribution >= 4 is 49.6 Å². The quantitative estimate of drug-likeness (QED) is 0.336. The minimum atomic E-state index is -3.29. The van der Waals surface area contributed by atoms with Crippen molar-refractivity contribution in [3.8, 4) is 0 Å². The van der Waals surface area contributed by atoms with Gasteiger partial charge in [-0.15, -0.1) is 0 Å². The van der Waals surface area contributed by atoms with Crippen LogP contribution in [0.15, 0.2) is 0 Å². The first-order valence-corrected chi connectivity index (χ1v) is 20.1. The Morgan fingerprint density at radius 2 is 0.800 bits per heavy atom. The molecule has 0 heterocycles. The van der Waals surface area contributed by atoms with E-state index >= 15 is 0 Å². The van der Waals surface area contributed by atoms with Gasteiger partial charge in [-0.3, -0.25) is 0 Å². The second kappa shape index (κ2) is 14.0. The molecule has 15 heavy (non-hydrogen) atoms. The fourth-order valence-corrected chi connectivity index (χ4v) is 1.21. The van der Waals surface area contributed by atoms with Crippen LogP contribution in [-0.4, -0.2) is 13.9 Å². The Morgan fingerprint density at radius 1 is 0.600 bits per heavy atom. The molecule has 0 amide bonds. The molecule has 0 radical (unpaired) electrons. The van der Waals surface area contributed by atoms with Gasteiger partial charge in [0.1, 0.15) is 0 Å². The summed E-state index contributed by atoms with van der Waals surface area (Å²) in [5.41, 5.74) is 0. The monoisotopic (exact) mass is 402 g/mol. The second-order valence-corrected chi connectivity index (χ2v) is 29.0. The number of halogens is 4. The summed E-state index contributed by atoms with van der Waals surface area (Å²) in [6, 6.07) is 0. The van der Waals surface area contributed by atoms with E-state index < -0.39 is 13.9 Å². The second-order valence-electron chi connectivity index (χ2n) is 3.55. The van der Waals surface area contributed by atoms with E-state index in [2.05, 4.69) is 13.8 Å². The van der Waals surface area contributed by atoms with E-state index in [0.717, 1.165) is 0 Å². The maximum atomic E-state index is 5.04. The topological polar surface area (TPSA) is 0 Å². The molecule has 94 valence electrons. The SMILES string of the molecule is CCCCCCCCCC.[Cl][Sn]([Cl])([Cl])[Cl]. The van der Waals surface area contributed by atoms with Crippen molar-refractivity contribution in [1.29, 1.82) is 0 Å². The summed E-state index contributed by atoms with van der Waals surface area (Å²) in [6.07, 6.45) is 11.5. The van der Waals surface area contributed by atoms with E-state index in [1.165, 1.54) is 51.4 Å². The van der Waals surface area contributed by atoms with Gasteiger partial charge in [0.2, 0.25) is 0 Å². The molecule has 5 heteroatoms. The Labute approximate surface area is 114 Å². The molecular weight excluding hydrogens is 381 g/mol. The Hall–Kier alpha value is 1.96. The van der Waals surface area contributed by atoms with Gasteiger partial charge in [0, 0.05) is 0 Å². The third-order valence-corrected chi connectivity index (χ3v) is 1.96. The van der Waals surface area contributed by atoms with Crippen LogP contribution in [0.5, 0.6) is 0 Å². The van der Waals surface area contributed by atoms with E-state index in [1.807, 2.05) is 0 Å². The molecule has 0 aromatic heterocycles. The van der Waals surface area contributed by atoms with Crippen LogP contribution in [0.1, 0.15) is 65.2 Å². The van der Waals surface area contributed by atoms with Crippen LogP contribution in [0.3, 0.4) is 0 Å². The molecule has 0 aliphatic heterocycles. The average Bonchev–Trinajstić information content (AvgIpc) is 2.08. The van der Waals surface area contributed by atoms with E-state index in [-0.39, 0.29) is 0 Å². The molecule has 0 saturated heterocycles. The zero-order valence-corrected chi connectivity index (χ0v) is 15.5. The van der Waals surface area contributed by atoms with Crippen LogP contribution < -0.4 is 0 Å². The Balaban J connectivity index is 0. The van der Waals surface area contributed by atoms with Gasteiger partial charge in [0.05, 0.1) is 0 Å². The zero-order valence-electron chi connectivity index (χ0n) is 9.67. The van der Waals surface area contributed by atoms with E-state index in [1.54, 1.807) is 0 Å². The molecular formula is C10H22Cl4Sn. The van der Waals surface area contributed by atoms with Gasteiger partial charge < -0.3 is 0 Å². The molecule has 0 aromatic carbocycles. The Bertz CT molecular complexity index is 100. The summed E-state index contributed by atoms with van der Waals surface area (Å²) < 4.78 is 0. The van der Waals surface area contributed by atoms with E-state index in [4.69, 9.17) is 35.7 Å². The summed E-state index contributed by atoms with van der Waals surface area (Å²) in [5, 5.41) is 0. The van der Waals surface area contributed by atoms with Crippen molar-refractivity contribution in [3.63, 3.8) is 0 Å². The number of rotatable bonds is 7. The van der Waals surface area contributed by atoms with Gasteiger partial charge in [0.15, 0.2) is 0 Å². The summed E-state index contributed by atoms with van der Waals surface area (Å²) in [5.74, 6) is 0. The average molecular weight is 403 g/mol. The van der Waals surface area contributed by atoms with Crippen molar-refractivity contribution in [1.82, 2.24) is 0 Å². The van der Waals surface area contributed by atoms with Gasteiger partial charge in [-0.2, -0.15) is 0 Å². The summed E-state index contributed by atoms with van der Waals surface area (Å²) >= 11 is -3.29. The first kappa shape index (κ1) is 19.3. The summed E-state index contributed by atoms with van der Waals surface area (Å²) in [6.45, 7) is 4.54. The van der Waals surface area contributed by atoms with Crippen molar-refractivity contribution in [2.45, 2.75) is 65.2 Å². The zero-order chi connectivity index (χ0) is 12.2. The predicted octanol–water partition coefficient (Wildman–Crippen LogP) is 6.52. The van der Waals surface area contributed by atoms with Crippen LogP contribution >= 0.6 is 35.7 Å². The van der Waals surface area contributed by atoms with Crippen LogP contribution in [0, 0.1) is 0 Å². The maximum absolute atomic E-state index is 5.04. The van der Waals surface area contributed by atoms with Crippen molar-refractivity contribution in [3.05, 3.63) is 0 Å². The fraction of sp³-hybridized carbons (Fsp3) is 1.00. The molecule has 0 aromatic rings. The predicted molar refractivity (Wildman–Crippen MR) is 77.5 cm³/mol. The minimum absolute atomic E-state index is 1.37. The van der Waals surface area contributed by atoms with Crippen molar-refractivity contribution < 1.29 is 0 Å². The molecule has 0 unspecified atom stereocenters. The number of hydrogen-bond acceptors (Lipinski definition) is 0. The molecule has 0 nitrogen and oxygen atoms in total. The summed E-state index contributed by atoms with van der Waals surface area (Å²) in [7, 11) is 20.1. The van der Waals surface area contributed by atoms with Crippen molar-refractivity contribution in [2.75, 3.05) is 0 Å². The normalized spacial score (nSPS) is 10.8. The van der Waals surface area contributed by atoms with Gasteiger partial charge >= 0.3 is 49.6 Å². The van der Waals surface area contributed by atoms with Crippen LogP contribution in [0.25, 0.3) is 0 Å². The third kappa shape index (κ3) is 38.7. The van der Waals surface area contributed by atoms with Gasteiger partial charge in [-0.05, 0) is 0 Å². The van der Waals surface area contributed by atoms with Gasteiger partial charge in [-0.1, -0.05) is 65.2 Å². The molecule has 0 bridgehead atoms. The van der Waals surface area contributed by atoms with Crippen LogP contribution in [0.2, 0.25) is 0 Å². The fourth-order valence-electron chi connectivity index (χ4n) is 1.21. The molecule has 0 fully saturated rings. The Morgan fingerprint density at radius 3 is 1.00 bits per heavy atom. The molecule has 0 saturated carbocycles. The standard InChI is InChI=1S/C10H22.4ClH.Sn/c1-3-5-7-9-10-8-6-4-2;;;;;/h3-10H2,1-2H3;4*1H;/q;;;;;+4/p-4.